The minimum atomic E-state index is 0. The van der Waals surface area contributed by atoms with Crippen molar-refractivity contribution in [1.82, 2.24) is 0 Å². The second-order valence-corrected chi connectivity index (χ2v) is 2.59. The summed E-state index contributed by atoms with van der Waals surface area (Å²) in [5.41, 5.74) is 0.965. The molecule has 0 bridgehead atoms. The van der Waals surface area contributed by atoms with Crippen molar-refractivity contribution in [2.75, 3.05) is 19.8 Å². The second-order valence-electron chi connectivity index (χ2n) is 2.59. The molecule has 0 aliphatic rings. The Morgan fingerprint density at radius 2 is 1.00 bits per heavy atom. The molecule has 0 unspecified atom stereocenters. The molecule has 4 N–H and O–H groups in total. The average Bonchev–Trinajstić information content (AvgIpc) is 2.33. The molecule has 0 spiro atoms. The van der Waals surface area contributed by atoms with E-state index in [1.54, 1.807) is 20.8 Å². The first kappa shape index (κ1) is 26.5. The summed E-state index contributed by atoms with van der Waals surface area (Å²) in [4.78, 5) is 0. The van der Waals surface area contributed by atoms with Crippen LogP contribution in [0.1, 0.15) is 26.3 Å². The molecular weight excluding hydrogens is 311 g/mol. The number of aliphatic hydroxyl groups is 4. The van der Waals surface area contributed by atoms with Crippen LogP contribution in [0.4, 0.5) is 0 Å². The maximum Gasteiger partial charge on any atom is 0.0681 e. The van der Waals surface area contributed by atoms with E-state index in [4.69, 9.17) is 20.4 Å². The van der Waals surface area contributed by atoms with Gasteiger partial charge in [0.05, 0.1) is 6.61 Å². The quantitative estimate of drug-likeness (QED) is 0.620. The molecule has 5 heteroatoms. The summed E-state index contributed by atoms with van der Waals surface area (Å²) in [6.45, 7) is 5.93. The molecule has 1 rings (SSSR count). The monoisotopic (exact) mass is 336 g/mol. The molecule has 1 aromatic carbocycles. The summed E-state index contributed by atoms with van der Waals surface area (Å²) in [6, 6.07) is 9.52. The Kier molecular flexibility index (Phi) is 44.4. The standard InChI is InChI=1S/C7H8O.3C2H6O.Zr/c8-6-7-4-2-1-3-5-7;3*1-2-3;/h1-5,8H,6H2;3*3H,2H2,1H3;. The van der Waals surface area contributed by atoms with Crippen molar-refractivity contribution in [1.29, 1.82) is 0 Å². The van der Waals surface area contributed by atoms with Crippen molar-refractivity contribution in [3.8, 4) is 0 Å². The van der Waals surface area contributed by atoms with E-state index in [0.717, 1.165) is 5.56 Å². The van der Waals surface area contributed by atoms with Gasteiger partial charge in [-0.15, -0.1) is 0 Å². The van der Waals surface area contributed by atoms with Crippen LogP contribution in [-0.2, 0) is 32.8 Å². The van der Waals surface area contributed by atoms with E-state index in [1.165, 1.54) is 0 Å². The van der Waals surface area contributed by atoms with Gasteiger partial charge in [0.15, 0.2) is 0 Å². The van der Waals surface area contributed by atoms with E-state index in [-0.39, 0.29) is 52.6 Å². The molecule has 0 aliphatic heterocycles. The first-order valence-electron chi connectivity index (χ1n) is 5.65. The third-order valence-electron chi connectivity index (χ3n) is 1.03. The van der Waals surface area contributed by atoms with Crippen LogP contribution < -0.4 is 0 Å². The minimum Gasteiger partial charge on any atom is -0.397 e. The first-order valence-corrected chi connectivity index (χ1v) is 5.65. The maximum atomic E-state index is 8.54. The maximum absolute atomic E-state index is 8.54. The zero-order valence-corrected chi connectivity index (χ0v) is 14.0. The van der Waals surface area contributed by atoms with Gasteiger partial charge < -0.3 is 20.4 Å². The van der Waals surface area contributed by atoms with Crippen molar-refractivity contribution in [2.24, 2.45) is 0 Å². The molecule has 4 nitrogen and oxygen atoms in total. The molecule has 18 heavy (non-hydrogen) atoms. The molecule has 0 aliphatic carbocycles. The average molecular weight is 338 g/mol. The van der Waals surface area contributed by atoms with Gasteiger partial charge in [-0.25, -0.2) is 0 Å². The molecule has 0 aromatic heterocycles. The van der Waals surface area contributed by atoms with Crippen LogP contribution in [0, 0.1) is 0 Å². The van der Waals surface area contributed by atoms with E-state index in [0.29, 0.717) is 0 Å². The zero-order chi connectivity index (χ0) is 13.9. The number of hydrogen-bond donors (Lipinski definition) is 4. The van der Waals surface area contributed by atoms with Gasteiger partial charge in [0, 0.05) is 46.0 Å². The Morgan fingerprint density at radius 3 is 1.17 bits per heavy atom. The summed E-state index contributed by atoms with van der Waals surface area (Å²) >= 11 is 0. The van der Waals surface area contributed by atoms with Gasteiger partial charge in [-0.05, 0) is 26.3 Å². The van der Waals surface area contributed by atoms with Gasteiger partial charge in [0.1, 0.15) is 0 Å². The number of rotatable bonds is 1. The fourth-order valence-electron chi connectivity index (χ4n) is 0.583. The van der Waals surface area contributed by atoms with Crippen LogP contribution in [-0.4, -0.2) is 40.2 Å². The third-order valence-corrected chi connectivity index (χ3v) is 1.03. The molecule has 106 valence electrons. The number of hydrogen-bond acceptors (Lipinski definition) is 4. The predicted molar refractivity (Wildman–Crippen MR) is 70.6 cm³/mol. The van der Waals surface area contributed by atoms with Crippen LogP contribution in [0.3, 0.4) is 0 Å². The fourth-order valence-corrected chi connectivity index (χ4v) is 0.583. The molecule has 0 fully saturated rings. The van der Waals surface area contributed by atoms with Gasteiger partial charge in [0.2, 0.25) is 0 Å². The topological polar surface area (TPSA) is 80.9 Å². The van der Waals surface area contributed by atoms with E-state index in [2.05, 4.69) is 0 Å². The van der Waals surface area contributed by atoms with E-state index in [1.807, 2.05) is 30.3 Å². The first-order chi connectivity index (χ1) is 8.17. The summed E-state index contributed by atoms with van der Waals surface area (Å²) in [5, 5.41) is 31.2. The Bertz CT molecular complexity index is 191. The predicted octanol–water partition coefficient (Wildman–Crippen LogP) is 1.17. The van der Waals surface area contributed by atoms with Crippen molar-refractivity contribution >= 4 is 0 Å². The zero-order valence-electron chi connectivity index (χ0n) is 11.5. The van der Waals surface area contributed by atoms with Crippen LogP contribution >= 0.6 is 0 Å². The molecule has 0 saturated heterocycles. The molecule has 0 amide bonds. The Morgan fingerprint density at radius 1 is 0.722 bits per heavy atom. The Hall–Kier alpha value is -0.0569. The number of aliphatic hydroxyl groups excluding tert-OH is 4. The summed E-state index contributed by atoms with van der Waals surface area (Å²) in [6.07, 6.45) is 0. The van der Waals surface area contributed by atoms with Crippen LogP contribution in [0.2, 0.25) is 0 Å². The van der Waals surface area contributed by atoms with Gasteiger partial charge in [-0.3, -0.25) is 0 Å². The molecule has 0 saturated carbocycles. The normalized spacial score (nSPS) is 7.06. The van der Waals surface area contributed by atoms with Gasteiger partial charge in [-0.1, -0.05) is 30.3 Å². The van der Waals surface area contributed by atoms with Crippen LogP contribution in [0.25, 0.3) is 0 Å². The molecule has 1 aromatic rings. The minimum absolute atomic E-state index is 0. The van der Waals surface area contributed by atoms with Gasteiger partial charge in [-0.2, -0.15) is 0 Å². The SMILES string of the molecule is CCO.CCO.CCO.OCc1ccccc1.[Zr]. The second kappa shape index (κ2) is 30.2. The van der Waals surface area contributed by atoms with Gasteiger partial charge >= 0.3 is 0 Å². The third kappa shape index (κ3) is 36.0. The Balaban J connectivity index is -0.0000000840. The fraction of sp³-hybridized carbons (Fsp3) is 0.538. The van der Waals surface area contributed by atoms with E-state index < -0.39 is 0 Å². The van der Waals surface area contributed by atoms with Crippen LogP contribution in [0.15, 0.2) is 30.3 Å². The molecule has 0 heterocycles. The van der Waals surface area contributed by atoms with E-state index >= 15 is 0 Å². The summed E-state index contributed by atoms with van der Waals surface area (Å²) in [7, 11) is 0. The summed E-state index contributed by atoms with van der Waals surface area (Å²) in [5.74, 6) is 0. The van der Waals surface area contributed by atoms with Crippen molar-refractivity contribution in [2.45, 2.75) is 27.4 Å². The molecule has 0 atom stereocenters. The van der Waals surface area contributed by atoms with Crippen LogP contribution in [0.5, 0.6) is 0 Å². The Labute approximate surface area is 129 Å². The molecule has 0 radical (unpaired) electrons. The summed E-state index contributed by atoms with van der Waals surface area (Å²) < 4.78 is 0. The van der Waals surface area contributed by atoms with E-state index in [9.17, 15) is 0 Å². The number of benzene rings is 1. The van der Waals surface area contributed by atoms with Crippen molar-refractivity contribution < 1.29 is 46.6 Å². The largest absolute Gasteiger partial charge is 0.397 e. The smallest absolute Gasteiger partial charge is 0.0681 e. The van der Waals surface area contributed by atoms with Gasteiger partial charge in [0.25, 0.3) is 0 Å². The van der Waals surface area contributed by atoms with Crippen molar-refractivity contribution in [3.63, 3.8) is 0 Å². The van der Waals surface area contributed by atoms with Crippen molar-refractivity contribution in [3.05, 3.63) is 35.9 Å². The molecular formula is C13H26O4Zr.